The number of aliphatic hydroxyl groups is 2. The fraction of sp³-hybridized carbons (Fsp3) is 0.964. The fourth-order valence-corrected chi connectivity index (χ4v) is 11.0. The summed E-state index contributed by atoms with van der Waals surface area (Å²) in [5.41, 5.74) is 1.13. The van der Waals surface area contributed by atoms with Gasteiger partial charge in [0.25, 0.3) is 0 Å². The molecule has 5 aliphatic rings. The molecule has 0 aromatic rings. The van der Waals surface area contributed by atoms with E-state index >= 15 is 0 Å². The van der Waals surface area contributed by atoms with E-state index in [-0.39, 0.29) is 28.8 Å². The van der Waals surface area contributed by atoms with Crippen LogP contribution < -0.4 is 0 Å². The molecule has 5 aliphatic carbocycles. The summed E-state index contributed by atoms with van der Waals surface area (Å²) in [4.78, 5) is 0. The van der Waals surface area contributed by atoms with E-state index in [2.05, 4.69) is 34.6 Å². The van der Waals surface area contributed by atoms with Crippen LogP contribution in [0.25, 0.3) is 0 Å². The quantitative estimate of drug-likeness (QED) is 0.434. The van der Waals surface area contributed by atoms with Crippen LogP contribution >= 0.6 is 0 Å². The van der Waals surface area contributed by atoms with Gasteiger partial charge < -0.3 is 15.6 Å². The first-order valence-electron chi connectivity index (χ1n) is 13.3. The minimum Gasteiger partial charge on any atom is -0.393 e. The van der Waals surface area contributed by atoms with Crippen LogP contribution in [0.1, 0.15) is 106 Å². The van der Waals surface area contributed by atoms with Crippen molar-refractivity contribution in [3.05, 3.63) is 0 Å². The second kappa shape index (κ2) is 6.59. The maximum Gasteiger partial charge on any atom is 0.0685 e. The van der Waals surface area contributed by atoms with Gasteiger partial charge in [-0.1, -0.05) is 34.6 Å². The Balaban J connectivity index is 1.54. The van der Waals surface area contributed by atoms with Crippen LogP contribution in [0.15, 0.2) is 0 Å². The molecule has 5 fully saturated rings. The van der Waals surface area contributed by atoms with E-state index in [1.165, 1.54) is 32.1 Å². The molecule has 0 aliphatic heterocycles. The zero-order valence-electron chi connectivity index (χ0n) is 20.9. The van der Waals surface area contributed by atoms with Gasteiger partial charge in [-0.15, -0.1) is 0 Å². The maximum absolute atomic E-state index is 11.7. The number of hydrogen-bond acceptors (Lipinski definition) is 3. The van der Waals surface area contributed by atoms with Crippen LogP contribution in [-0.4, -0.2) is 27.6 Å². The standard InChI is InChI=1S/C28H47NO2/c1-17(29)18-9-14-28(31)16-15-26(5)19(23(18)28)7-8-21-25(4)12-11-22(30)24(2,3)20(25)10-13-27(21,26)6/h18-23,29-31H,7-16H2,1-6H3/t18?,19?,20?,21?,22?,23?,25?,26-,27?,28?/m1/s1. The predicted octanol–water partition coefficient (Wildman–Crippen LogP) is 6.21. The van der Waals surface area contributed by atoms with E-state index in [9.17, 15) is 10.2 Å². The number of rotatable bonds is 1. The Kier molecular flexibility index (Phi) is 4.76. The Morgan fingerprint density at radius 2 is 1.48 bits per heavy atom. The Labute approximate surface area is 190 Å². The predicted molar refractivity (Wildman–Crippen MR) is 126 cm³/mol. The molecule has 0 spiro atoms. The second-order valence-electron chi connectivity index (χ2n) is 14.0. The monoisotopic (exact) mass is 429 g/mol. The number of aliphatic hydroxyl groups excluding tert-OH is 1. The summed E-state index contributed by atoms with van der Waals surface area (Å²) in [5.74, 6) is 2.43. The van der Waals surface area contributed by atoms with Gasteiger partial charge in [0.05, 0.1) is 11.7 Å². The Bertz CT molecular complexity index is 777. The maximum atomic E-state index is 11.7. The summed E-state index contributed by atoms with van der Waals surface area (Å²) >= 11 is 0. The lowest BCUT2D eigenvalue weighted by molar-refractivity contribution is -0.253. The van der Waals surface area contributed by atoms with Crippen molar-refractivity contribution >= 4 is 5.71 Å². The molecule has 3 heteroatoms. The van der Waals surface area contributed by atoms with Crippen LogP contribution in [-0.2, 0) is 0 Å². The normalized spacial score (nSPS) is 57.9. The molecule has 0 radical (unpaired) electrons. The molecule has 0 aromatic heterocycles. The fourth-order valence-electron chi connectivity index (χ4n) is 11.0. The van der Waals surface area contributed by atoms with Crippen molar-refractivity contribution in [2.45, 2.75) is 117 Å². The molecular weight excluding hydrogens is 382 g/mol. The van der Waals surface area contributed by atoms with Gasteiger partial charge in [0.2, 0.25) is 0 Å². The van der Waals surface area contributed by atoms with Gasteiger partial charge in [-0.3, -0.25) is 0 Å². The lowest BCUT2D eigenvalue weighted by Crippen LogP contribution is -2.67. The van der Waals surface area contributed by atoms with Crippen LogP contribution in [0.4, 0.5) is 0 Å². The third kappa shape index (κ3) is 2.63. The van der Waals surface area contributed by atoms with Crippen LogP contribution in [0.5, 0.6) is 0 Å². The van der Waals surface area contributed by atoms with Crippen molar-refractivity contribution in [3.63, 3.8) is 0 Å². The van der Waals surface area contributed by atoms with Crippen LogP contribution in [0.3, 0.4) is 0 Å². The van der Waals surface area contributed by atoms with E-state index in [0.717, 1.165) is 37.8 Å². The van der Waals surface area contributed by atoms with E-state index in [0.29, 0.717) is 28.6 Å². The molecule has 0 saturated heterocycles. The highest BCUT2D eigenvalue weighted by molar-refractivity contribution is 5.82. The lowest BCUT2D eigenvalue weighted by atomic mass is 9.33. The number of hydrogen-bond donors (Lipinski definition) is 3. The highest BCUT2D eigenvalue weighted by Gasteiger charge is 2.70. The molecule has 176 valence electrons. The third-order valence-corrected chi connectivity index (χ3v) is 12.9. The SMILES string of the molecule is CC(=N)C1CCC2(O)CC[C@]3(C)C(CCC4C5(C)CCC(O)C(C)(C)C5CCC43C)C12. The first-order chi connectivity index (χ1) is 14.3. The summed E-state index contributed by atoms with van der Waals surface area (Å²) in [6, 6.07) is 0. The molecule has 0 aromatic carbocycles. The Morgan fingerprint density at radius 3 is 2.16 bits per heavy atom. The van der Waals surface area contributed by atoms with Gasteiger partial charge in [0.15, 0.2) is 0 Å². The molecule has 5 saturated carbocycles. The van der Waals surface area contributed by atoms with Crippen LogP contribution in [0, 0.1) is 56.7 Å². The minimum absolute atomic E-state index is 0.00669. The van der Waals surface area contributed by atoms with Gasteiger partial charge >= 0.3 is 0 Å². The first kappa shape index (κ1) is 22.4. The van der Waals surface area contributed by atoms with Gasteiger partial charge in [-0.2, -0.15) is 0 Å². The van der Waals surface area contributed by atoms with Crippen molar-refractivity contribution in [3.8, 4) is 0 Å². The van der Waals surface area contributed by atoms with Crippen molar-refractivity contribution in [2.75, 3.05) is 0 Å². The summed E-state index contributed by atoms with van der Waals surface area (Å²) in [5, 5.41) is 31.0. The summed E-state index contributed by atoms with van der Waals surface area (Å²) < 4.78 is 0. The topological polar surface area (TPSA) is 64.3 Å². The smallest absolute Gasteiger partial charge is 0.0685 e. The van der Waals surface area contributed by atoms with Crippen molar-refractivity contribution < 1.29 is 10.2 Å². The Hall–Kier alpha value is -0.410. The molecule has 3 nitrogen and oxygen atoms in total. The Morgan fingerprint density at radius 1 is 0.774 bits per heavy atom. The highest BCUT2D eigenvalue weighted by Crippen LogP contribution is 2.76. The second-order valence-corrected chi connectivity index (χ2v) is 14.0. The highest BCUT2D eigenvalue weighted by atomic mass is 16.3. The molecular formula is C28H47NO2. The number of nitrogens with one attached hydrogen (secondary N) is 1. The minimum atomic E-state index is -0.529. The summed E-state index contributed by atoms with van der Waals surface area (Å²) in [6.45, 7) is 14.4. The van der Waals surface area contributed by atoms with Gasteiger partial charge in [0, 0.05) is 11.6 Å². The van der Waals surface area contributed by atoms with E-state index in [4.69, 9.17) is 5.41 Å². The summed E-state index contributed by atoms with van der Waals surface area (Å²) in [7, 11) is 0. The van der Waals surface area contributed by atoms with Crippen molar-refractivity contribution in [1.82, 2.24) is 0 Å². The van der Waals surface area contributed by atoms with E-state index in [1.54, 1.807) is 0 Å². The molecule has 10 atom stereocenters. The molecule has 31 heavy (non-hydrogen) atoms. The van der Waals surface area contributed by atoms with Crippen molar-refractivity contribution in [1.29, 1.82) is 5.41 Å². The number of fused-ring (bicyclic) bond motifs is 7. The van der Waals surface area contributed by atoms with Gasteiger partial charge in [-0.25, -0.2) is 0 Å². The first-order valence-corrected chi connectivity index (χ1v) is 13.3. The molecule has 9 unspecified atom stereocenters. The molecule has 5 rings (SSSR count). The van der Waals surface area contributed by atoms with Crippen molar-refractivity contribution in [2.24, 2.45) is 51.2 Å². The average Bonchev–Trinajstić information content (AvgIpc) is 3.04. The largest absolute Gasteiger partial charge is 0.393 e. The summed E-state index contributed by atoms with van der Waals surface area (Å²) in [6.07, 6.45) is 10.9. The average molecular weight is 430 g/mol. The lowest BCUT2D eigenvalue weighted by Gasteiger charge is -2.72. The molecule has 0 amide bonds. The van der Waals surface area contributed by atoms with Gasteiger partial charge in [-0.05, 0) is 116 Å². The molecule has 3 N–H and O–H groups in total. The van der Waals surface area contributed by atoms with E-state index < -0.39 is 5.60 Å². The zero-order chi connectivity index (χ0) is 22.6. The van der Waals surface area contributed by atoms with Gasteiger partial charge in [0.1, 0.15) is 0 Å². The van der Waals surface area contributed by atoms with E-state index in [1.807, 2.05) is 6.92 Å². The zero-order valence-corrected chi connectivity index (χ0v) is 20.9. The molecule has 0 bridgehead atoms. The molecule has 0 heterocycles. The third-order valence-electron chi connectivity index (χ3n) is 12.9. The van der Waals surface area contributed by atoms with Crippen LogP contribution in [0.2, 0.25) is 0 Å².